The van der Waals surface area contributed by atoms with E-state index in [4.69, 9.17) is 24.9 Å². The zero-order chi connectivity index (χ0) is 32.0. The van der Waals surface area contributed by atoms with E-state index in [-0.39, 0.29) is 41.5 Å². The topological polar surface area (TPSA) is 111 Å². The number of nitrogens with two attached hydrogens (primary N) is 1. The Bertz CT molecular complexity index is 1580. The summed E-state index contributed by atoms with van der Waals surface area (Å²) < 4.78 is 91.7. The van der Waals surface area contributed by atoms with Crippen LogP contribution in [0.2, 0.25) is 0 Å². The second kappa shape index (κ2) is 12.3. The summed E-state index contributed by atoms with van der Waals surface area (Å²) in [4.78, 5) is 17.6. The van der Waals surface area contributed by atoms with Crippen LogP contribution >= 0.6 is 0 Å². The SMILES string of the molecule is CC[C@@H]1CN2c3nc(OCCCN4CCOCC4)nc4c(F)c(-c5cc(N)c(F)c(C)c5C(F)(F)F)nc(c34)O[C@@H](C)[C@@H]2CN1. The molecule has 2 fully saturated rings. The number of alkyl halides is 3. The van der Waals surface area contributed by atoms with Gasteiger partial charge in [-0.1, -0.05) is 6.92 Å². The number of pyridine rings is 1. The minimum atomic E-state index is -5.04. The van der Waals surface area contributed by atoms with Crippen molar-refractivity contribution in [1.29, 1.82) is 0 Å². The molecule has 244 valence electrons. The fourth-order valence-electron chi connectivity index (χ4n) is 6.31. The smallest absolute Gasteiger partial charge is 0.417 e. The van der Waals surface area contributed by atoms with E-state index in [1.54, 1.807) is 0 Å². The van der Waals surface area contributed by atoms with Gasteiger partial charge in [0, 0.05) is 44.3 Å². The number of ether oxygens (including phenoxy) is 3. The van der Waals surface area contributed by atoms with Crippen LogP contribution in [0, 0.1) is 18.6 Å². The van der Waals surface area contributed by atoms with Crippen molar-refractivity contribution >= 4 is 22.4 Å². The van der Waals surface area contributed by atoms with Crippen LogP contribution in [0.3, 0.4) is 0 Å². The Hall–Kier alpha value is -3.56. The number of rotatable bonds is 7. The van der Waals surface area contributed by atoms with Crippen molar-refractivity contribution in [2.45, 2.75) is 58.0 Å². The van der Waals surface area contributed by atoms with Crippen molar-refractivity contribution in [3.05, 3.63) is 28.8 Å². The highest BCUT2D eigenvalue weighted by Crippen LogP contribution is 2.46. The lowest BCUT2D eigenvalue weighted by Crippen LogP contribution is -2.60. The summed E-state index contributed by atoms with van der Waals surface area (Å²) in [6.45, 7) is 9.79. The minimum absolute atomic E-state index is 0.106. The Balaban J connectivity index is 1.49. The monoisotopic (exact) mass is 637 g/mol. The van der Waals surface area contributed by atoms with Gasteiger partial charge in [-0.3, -0.25) is 4.90 Å². The standard InChI is InChI=1S/C30H36F5N7O3/c1-4-17-14-42-20(13-37-17)16(3)45-28-21-26(39-29(40-27(21)42)44-9-5-6-41-7-10-43-11-8-41)24(32)25(38-28)18-12-19(36)23(31)15(2)22(18)30(33,34)35/h12,16-17,20,37H,4-11,13-14,36H2,1-3H3/t16-,17+,20-/m0/s1. The summed E-state index contributed by atoms with van der Waals surface area (Å²) in [5.74, 6) is -2.18. The fraction of sp³-hybridized carbons (Fsp3) is 0.567. The number of nitrogens with one attached hydrogen (secondary N) is 1. The molecule has 3 aromatic rings. The highest BCUT2D eigenvalue weighted by atomic mass is 19.4. The van der Waals surface area contributed by atoms with Crippen LogP contribution in [0.25, 0.3) is 22.2 Å². The molecular formula is C30H36F5N7O3. The predicted molar refractivity (Wildman–Crippen MR) is 158 cm³/mol. The zero-order valence-electron chi connectivity index (χ0n) is 25.3. The maximum atomic E-state index is 16.6. The van der Waals surface area contributed by atoms with Gasteiger partial charge in [0.25, 0.3) is 0 Å². The average molecular weight is 638 g/mol. The van der Waals surface area contributed by atoms with E-state index in [0.717, 1.165) is 39.0 Å². The third kappa shape index (κ3) is 5.92. The minimum Gasteiger partial charge on any atom is -0.472 e. The van der Waals surface area contributed by atoms with E-state index in [2.05, 4.69) is 20.2 Å². The van der Waals surface area contributed by atoms with Gasteiger partial charge in [0.15, 0.2) is 5.82 Å². The molecule has 0 amide bonds. The van der Waals surface area contributed by atoms with Crippen molar-refractivity contribution in [3.63, 3.8) is 0 Å². The van der Waals surface area contributed by atoms with Gasteiger partial charge in [-0.15, -0.1) is 0 Å². The van der Waals surface area contributed by atoms with Crippen molar-refractivity contribution in [2.24, 2.45) is 0 Å². The molecule has 0 radical (unpaired) electrons. The number of benzene rings is 1. The molecule has 2 aromatic heterocycles. The Kier molecular flexibility index (Phi) is 8.61. The van der Waals surface area contributed by atoms with E-state index < -0.39 is 52.0 Å². The molecule has 6 rings (SSSR count). The average Bonchev–Trinajstić information content (AvgIpc) is 3.13. The number of morpholine rings is 1. The molecule has 1 aromatic carbocycles. The zero-order valence-corrected chi connectivity index (χ0v) is 25.3. The van der Waals surface area contributed by atoms with E-state index in [1.807, 2.05) is 18.7 Å². The number of hydrogen-bond acceptors (Lipinski definition) is 10. The molecule has 0 saturated carbocycles. The molecule has 15 heteroatoms. The summed E-state index contributed by atoms with van der Waals surface area (Å²) in [6, 6.07) is 0.483. The Morgan fingerprint density at radius 3 is 2.60 bits per heavy atom. The molecular weight excluding hydrogens is 601 g/mol. The predicted octanol–water partition coefficient (Wildman–Crippen LogP) is 4.32. The Labute approximate surface area is 257 Å². The van der Waals surface area contributed by atoms with E-state index in [9.17, 15) is 17.6 Å². The summed E-state index contributed by atoms with van der Waals surface area (Å²) >= 11 is 0. The number of hydrogen-bond donors (Lipinski definition) is 2. The number of fused-ring (bicyclic) bond motifs is 2. The third-order valence-corrected chi connectivity index (χ3v) is 8.77. The molecule has 3 aliphatic heterocycles. The quantitative estimate of drug-likeness (QED) is 0.221. The van der Waals surface area contributed by atoms with Crippen LogP contribution in [0.4, 0.5) is 33.5 Å². The fourth-order valence-corrected chi connectivity index (χ4v) is 6.31. The lowest BCUT2D eigenvalue weighted by molar-refractivity contribution is -0.137. The van der Waals surface area contributed by atoms with E-state index >= 15 is 4.39 Å². The summed E-state index contributed by atoms with van der Waals surface area (Å²) in [7, 11) is 0. The number of halogens is 5. The van der Waals surface area contributed by atoms with Crippen LogP contribution in [-0.4, -0.2) is 90.6 Å². The van der Waals surface area contributed by atoms with Gasteiger partial charge in [-0.05, 0) is 38.3 Å². The molecule has 0 spiro atoms. The molecule has 3 atom stereocenters. The third-order valence-electron chi connectivity index (χ3n) is 8.77. The first-order valence-corrected chi connectivity index (χ1v) is 15.1. The van der Waals surface area contributed by atoms with Crippen molar-refractivity contribution < 1.29 is 36.2 Å². The van der Waals surface area contributed by atoms with Gasteiger partial charge in [0.1, 0.15) is 34.3 Å². The summed E-state index contributed by atoms with van der Waals surface area (Å²) in [6.07, 6.45) is -4.09. The normalized spacial score (nSPS) is 22.2. The molecule has 0 aliphatic carbocycles. The molecule has 0 unspecified atom stereocenters. The molecule has 5 heterocycles. The second-order valence-electron chi connectivity index (χ2n) is 11.7. The maximum absolute atomic E-state index is 16.6. The van der Waals surface area contributed by atoms with Crippen LogP contribution in [0.15, 0.2) is 6.07 Å². The van der Waals surface area contributed by atoms with Crippen LogP contribution in [0.1, 0.15) is 37.8 Å². The van der Waals surface area contributed by atoms with Crippen LogP contribution in [-0.2, 0) is 10.9 Å². The Morgan fingerprint density at radius 1 is 1.13 bits per heavy atom. The van der Waals surface area contributed by atoms with Gasteiger partial charge < -0.3 is 30.2 Å². The summed E-state index contributed by atoms with van der Waals surface area (Å²) in [5, 5.41) is 3.61. The molecule has 3 aliphatic rings. The number of nitrogens with zero attached hydrogens (tertiary/aromatic N) is 5. The van der Waals surface area contributed by atoms with Gasteiger partial charge in [0.2, 0.25) is 5.88 Å². The van der Waals surface area contributed by atoms with Gasteiger partial charge >= 0.3 is 12.2 Å². The molecule has 45 heavy (non-hydrogen) atoms. The largest absolute Gasteiger partial charge is 0.472 e. The maximum Gasteiger partial charge on any atom is 0.417 e. The lowest BCUT2D eigenvalue weighted by Gasteiger charge is -2.41. The summed E-state index contributed by atoms with van der Waals surface area (Å²) in [5.41, 5.74) is 1.30. The van der Waals surface area contributed by atoms with E-state index in [0.29, 0.717) is 38.5 Å². The second-order valence-corrected chi connectivity index (χ2v) is 11.7. The lowest BCUT2D eigenvalue weighted by atomic mass is 9.96. The van der Waals surface area contributed by atoms with Crippen molar-refractivity contribution in [2.75, 3.05) is 63.2 Å². The number of anilines is 2. The van der Waals surface area contributed by atoms with Crippen molar-refractivity contribution in [3.8, 4) is 23.1 Å². The van der Waals surface area contributed by atoms with Gasteiger partial charge in [0.05, 0.1) is 37.1 Å². The van der Waals surface area contributed by atoms with Gasteiger partial charge in [-0.2, -0.15) is 23.1 Å². The molecule has 3 N–H and O–H groups in total. The number of aromatic nitrogens is 3. The highest BCUT2D eigenvalue weighted by molar-refractivity contribution is 5.97. The molecule has 10 nitrogen and oxygen atoms in total. The van der Waals surface area contributed by atoms with Crippen molar-refractivity contribution in [1.82, 2.24) is 25.2 Å². The molecule has 0 bridgehead atoms. The highest BCUT2D eigenvalue weighted by Gasteiger charge is 2.42. The van der Waals surface area contributed by atoms with E-state index in [1.165, 1.54) is 0 Å². The Morgan fingerprint density at radius 2 is 1.89 bits per heavy atom. The van der Waals surface area contributed by atoms with Crippen LogP contribution < -0.4 is 25.4 Å². The first-order chi connectivity index (χ1) is 21.5. The number of piperazine rings is 1. The van der Waals surface area contributed by atoms with Gasteiger partial charge in [-0.25, -0.2) is 13.8 Å². The first-order valence-electron chi connectivity index (χ1n) is 15.1. The number of nitrogen functional groups attached to an aromatic ring is 1. The molecule has 2 saturated heterocycles. The van der Waals surface area contributed by atoms with Crippen LogP contribution in [0.5, 0.6) is 11.9 Å². The first kappa shape index (κ1) is 31.4.